The van der Waals surface area contributed by atoms with Crippen molar-refractivity contribution in [2.24, 2.45) is 5.92 Å². The molecule has 1 unspecified atom stereocenters. The summed E-state index contributed by atoms with van der Waals surface area (Å²) in [5, 5.41) is 0.675. The monoisotopic (exact) mass is 601 g/mol. The summed E-state index contributed by atoms with van der Waals surface area (Å²) in [5.74, 6) is -1.13. The maximum atomic E-state index is 13.9. The van der Waals surface area contributed by atoms with Crippen molar-refractivity contribution in [3.05, 3.63) is 69.7 Å². The molecule has 41 heavy (non-hydrogen) atoms. The molecule has 5 rings (SSSR count). The first-order valence-corrected chi connectivity index (χ1v) is 14.7. The minimum absolute atomic E-state index is 0.0654. The summed E-state index contributed by atoms with van der Waals surface area (Å²) in [7, 11) is 0. The van der Waals surface area contributed by atoms with Crippen LogP contribution in [0.1, 0.15) is 53.3 Å². The van der Waals surface area contributed by atoms with Crippen LogP contribution >= 0.6 is 23.2 Å². The highest BCUT2D eigenvalue weighted by Gasteiger charge is 2.55. The Kier molecular flexibility index (Phi) is 8.87. The molecule has 1 spiro atoms. The van der Waals surface area contributed by atoms with Gasteiger partial charge in [-0.15, -0.1) is 0 Å². The first-order valence-electron chi connectivity index (χ1n) is 14.0. The van der Waals surface area contributed by atoms with Crippen molar-refractivity contribution in [3.63, 3.8) is 0 Å². The van der Waals surface area contributed by atoms with Gasteiger partial charge in [0.05, 0.1) is 29.2 Å². The van der Waals surface area contributed by atoms with Crippen molar-refractivity contribution < 1.29 is 28.7 Å². The number of hydrogen-bond acceptors (Lipinski definition) is 6. The lowest BCUT2D eigenvalue weighted by atomic mass is 9.94. The molecule has 0 N–H and O–H groups in total. The van der Waals surface area contributed by atoms with Gasteiger partial charge in [-0.05, 0) is 50.1 Å². The molecule has 3 aliphatic heterocycles. The van der Waals surface area contributed by atoms with E-state index in [1.54, 1.807) is 64.1 Å². The molecular weight excluding hydrogens is 569 g/mol. The molecule has 3 amide bonds. The van der Waals surface area contributed by atoms with Crippen LogP contribution in [0.5, 0.6) is 0 Å². The number of piperidine rings is 2. The number of hydrogen-bond donors (Lipinski definition) is 0. The number of benzene rings is 2. The van der Waals surface area contributed by atoms with Crippen LogP contribution < -0.4 is 0 Å². The Morgan fingerprint density at radius 3 is 2.20 bits per heavy atom. The van der Waals surface area contributed by atoms with Gasteiger partial charge in [-0.25, -0.2) is 0 Å². The van der Waals surface area contributed by atoms with Gasteiger partial charge in [0.25, 0.3) is 11.8 Å². The standard InChI is InChI=1S/C30H33Cl2N3O6/c1-2-40-29(39)21-10-14-33(15-11-21)28(38)25-19-41-30(35(25)27(37)20-6-4-3-5-7-20)12-16-34(17-13-30)26(36)22-8-9-23(31)24(32)18-22/h3-9,18,21,25H,2,10-17,19H2,1H3. The fraction of sp³-hybridized carbons (Fsp3) is 0.467. The second-order valence-electron chi connectivity index (χ2n) is 10.6. The Balaban J connectivity index is 1.33. The van der Waals surface area contributed by atoms with E-state index in [4.69, 9.17) is 32.7 Å². The minimum Gasteiger partial charge on any atom is -0.466 e. The van der Waals surface area contributed by atoms with Crippen molar-refractivity contribution in [2.45, 2.75) is 44.4 Å². The number of carbonyl (C=O) groups is 4. The lowest BCUT2D eigenvalue weighted by Crippen LogP contribution is -2.60. The predicted octanol–water partition coefficient (Wildman–Crippen LogP) is 4.27. The lowest BCUT2D eigenvalue weighted by molar-refractivity contribution is -0.152. The molecule has 218 valence electrons. The second kappa shape index (κ2) is 12.4. The Morgan fingerprint density at radius 2 is 1.56 bits per heavy atom. The van der Waals surface area contributed by atoms with E-state index >= 15 is 0 Å². The molecule has 1 atom stereocenters. The largest absolute Gasteiger partial charge is 0.466 e. The Bertz CT molecular complexity index is 1310. The molecule has 2 aromatic rings. The van der Waals surface area contributed by atoms with Gasteiger partial charge in [-0.2, -0.15) is 0 Å². The normalized spacial score (nSPS) is 20.8. The molecular formula is C30H33Cl2N3O6. The fourth-order valence-electron chi connectivity index (χ4n) is 5.95. The van der Waals surface area contributed by atoms with Gasteiger partial charge in [-0.3, -0.25) is 24.1 Å². The van der Waals surface area contributed by atoms with E-state index in [-0.39, 0.29) is 36.2 Å². The quantitative estimate of drug-likeness (QED) is 0.475. The molecule has 0 aliphatic carbocycles. The van der Waals surface area contributed by atoms with Crippen molar-refractivity contribution in [2.75, 3.05) is 39.4 Å². The summed E-state index contributed by atoms with van der Waals surface area (Å²) in [6, 6.07) is 12.8. The Labute approximate surface area is 249 Å². The molecule has 2 aromatic carbocycles. The number of esters is 1. The smallest absolute Gasteiger partial charge is 0.309 e. The summed E-state index contributed by atoms with van der Waals surface area (Å²) in [5.41, 5.74) is -0.130. The Hall–Kier alpha value is -3.14. The summed E-state index contributed by atoms with van der Waals surface area (Å²) >= 11 is 12.1. The van der Waals surface area contributed by atoms with Crippen LogP contribution in [0.2, 0.25) is 10.0 Å². The van der Waals surface area contributed by atoms with E-state index in [1.165, 1.54) is 0 Å². The number of nitrogens with zero attached hydrogens (tertiary/aromatic N) is 3. The molecule has 3 fully saturated rings. The van der Waals surface area contributed by atoms with Crippen LogP contribution in [0.15, 0.2) is 48.5 Å². The molecule has 3 heterocycles. The van der Waals surface area contributed by atoms with E-state index in [1.807, 2.05) is 6.07 Å². The summed E-state index contributed by atoms with van der Waals surface area (Å²) in [4.78, 5) is 58.2. The maximum Gasteiger partial charge on any atom is 0.309 e. The van der Waals surface area contributed by atoms with Gasteiger partial charge in [-0.1, -0.05) is 41.4 Å². The Morgan fingerprint density at radius 1 is 0.878 bits per heavy atom. The van der Waals surface area contributed by atoms with Crippen LogP contribution in [0.25, 0.3) is 0 Å². The number of carbonyl (C=O) groups excluding carboxylic acids is 4. The van der Waals surface area contributed by atoms with Gasteiger partial charge < -0.3 is 19.3 Å². The number of rotatable bonds is 5. The first-order chi connectivity index (χ1) is 19.7. The van der Waals surface area contributed by atoms with Crippen molar-refractivity contribution in [3.8, 4) is 0 Å². The highest BCUT2D eigenvalue weighted by molar-refractivity contribution is 6.42. The maximum absolute atomic E-state index is 13.9. The molecule has 3 aliphatic rings. The summed E-state index contributed by atoms with van der Waals surface area (Å²) in [6.07, 6.45) is 1.74. The highest BCUT2D eigenvalue weighted by Crippen LogP contribution is 2.40. The van der Waals surface area contributed by atoms with Crippen molar-refractivity contribution >= 4 is 46.9 Å². The van der Waals surface area contributed by atoms with E-state index in [2.05, 4.69) is 0 Å². The van der Waals surface area contributed by atoms with E-state index in [0.29, 0.717) is 79.6 Å². The third kappa shape index (κ3) is 5.94. The van der Waals surface area contributed by atoms with Gasteiger partial charge in [0, 0.05) is 50.1 Å². The molecule has 0 aromatic heterocycles. The number of likely N-dealkylation sites (tertiary alicyclic amines) is 2. The third-order valence-corrected chi connectivity index (χ3v) is 8.95. The zero-order chi connectivity index (χ0) is 29.1. The molecule has 11 heteroatoms. The second-order valence-corrected chi connectivity index (χ2v) is 11.4. The first kappa shape index (κ1) is 29.4. The minimum atomic E-state index is -1.02. The van der Waals surface area contributed by atoms with Gasteiger partial charge in [0.2, 0.25) is 5.91 Å². The van der Waals surface area contributed by atoms with Crippen LogP contribution in [-0.4, -0.2) is 89.6 Å². The summed E-state index contributed by atoms with van der Waals surface area (Å²) in [6.45, 7) is 3.66. The van der Waals surface area contributed by atoms with E-state index < -0.39 is 11.8 Å². The summed E-state index contributed by atoms with van der Waals surface area (Å²) < 4.78 is 11.5. The number of ether oxygens (including phenoxy) is 2. The van der Waals surface area contributed by atoms with Crippen LogP contribution in [0.3, 0.4) is 0 Å². The van der Waals surface area contributed by atoms with Crippen molar-refractivity contribution in [1.29, 1.82) is 0 Å². The number of amides is 3. The zero-order valence-electron chi connectivity index (χ0n) is 22.9. The zero-order valence-corrected chi connectivity index (χ0v) is 24.4. The molecule has 0 saturated carbocycles. The van der Waals surface area contributed by atoms with Crippen molar-refractivity contribution in [1.82, 2.24) is 14.7 Å². The van der Waals surface area contributed by atoms with E-state index in [9.17, 15) is 19.2 Å². The predicted molar refractivity (Wildman–Crippen MR) is 153 cm³/mol. The van der Waals surface area contributed by atoms with Gasteiger partial charge in [0.15, 0.2) is 0 Å². The van der Waals surface area contributed by atoms with Gasteiger partial charge in [0.1, 0.15) is 11.8 Å². The van der Waals surface area contributed by atoms with E-state index in [0.717, 1.165) is 0 Å². The van der Waals surface area contributed by atoms with Crippen LogP contribution in [0.4, 0.5) is 0 Å². The van der Waals surface area contributed by atoms with Crippen LogP contribution in [0, 0.1) is 5.92 Å². The third-order valence-electron chi connectivity index (χ3n) is 8.21. The molecule has 3 saturated heterocycles. The lowest BCUT2D eigenvalue weighted by Gasteiger charge is -2.45. The average molecular weight is 603 g/mol. The molecule has 0 bridgehead atoms. The van der Waals surface area contributed by atoms with Crippen LogP contribution in [-0.2, 0) is 19.1 Å². The fourth-order valence-corrected chi connectivity index (χ4v) is 6.25. The number of halogens is 2. The molecule has 9 nitrogen and oxygen atoms in total. The highest BCUT2D eigenvalue weighted by atomic mass is 35.5. The topological polar surface area (TPSA) is 96.5 Å². The molecule has 0 radical (unpaired) electrons. The SMILES string of the molecule is CCOC(=O)C1CCN(C(=O)C2COC3(CCN(C(=O)c4ccc(Cl)c(Cl)c4)CC3)N2C(=O)c2ccccc2)CC1. The van der Waals surface area contributed by atoms with Gasteiger partial charge >= 0.3 is 5.97 Å². The average Bonchev–Trinajstić information content (AvgIpc) is 3.36.